The zero-order valence-electron chi connectivity index (χ0n) is 30.5. The summed E-state index contributed by atoms with van der Waals surface area (Å²) in [6.45, 7) is 17.1. The zero-order chi connectivity index (χ0) is 36.1. The normalized spacial score (nSPS) is 33.2. The van der Waals surface area contributed by atoms with Gasteiger partial charge in [0.25, 0.3) is 0 Å². The maximum absolute atomic E-state index is 13.7. The summed E-state index contributed by atoms with van der Waals surface area (Å²) in [7, 11) is 3.68. The number of nitrogens with one attached hydrogen (secondary N) is 1. The number of ether oxygens (including phenoxy) is 3. The van der Waals surface area contributed by atoms with Crippen molar-refractivity contribution in [2.24, 2.45) is 17.8 Å². The van der Waals surface area contributed by atoms with Gasteiger partial charge in [0, 0.05) is 43.4 Å². The van der Waals surface area contributed by atoms with Gasteiger partial charge in [-0.25, -0.2) is 4.79 Å². The third kappa shape index (κ3) is 8.20. The number of unbranched alkanes of at least 4 members (excludes halogenated alkanes) is 1. The number of amides is 1. The number of cyclic esters (lactones) is 1. The maximum atomic E-state index is 13.7. The minimum Gasteiger partial charge on any atom is -0.458 e. The molecule has 3 heterocycles. The van der Waals surface area contributed by atoms with Crippen molar-refractivity contribution < 1.29 is 28.6 Å². The van der Waals surface area contributed by atoms with E-state index < -0.39 is 47.2 Å². The summed E-state index contributed by atoms with van der Waals surface area (Å²) >= 11 is 0. The monoisotopic (exact) mass is 678 g/mol. The fraction of sp³-hybridized carbons (Fsp3) is 0.639. The first-order valence-corrected chi connectivity index (χ1v) is 17.6. The molecule has 0 saturated carbocycles. The van der Waals surface area contributed by atoms with Crippen molar-refractivity contribution in [2.75, 3.05) is 25.9 Å². The molecule has 0 spiro atoms. The van der Waals surface area contributed by atoms with Crippen LogP contribution >= 0.6 is 0 Å². The van der Waals surface area contributed by atoms with E-state index in [1.54, 1.807) is 29.7 Å². The lowest BCUT2D eigenvalue weighted by Gasteiger charge is -2.41. The second kappa shape index (κ2) is 15.9. The number of carbonyl (C=O) groups excluding carboxylic acids is 3. The number of Topliss-reactive ketones (excluding diaryl/α,β-unsaturated/α-hetero) is 1. The van der Waals surface area contributed by atoms with Crippen LogP contribution in [0, 0.1) is 17.8 Å². The number of nitrogen functional groups attached to an aromatic ring is 1. The van der Waals surface area contributed by atoms with Crippen LogP contribution in [-0.4, -0.2) is 95.2 Å². The van der Waals surface area contributed by atoms with Crippen LogP contribution in [0.5, 0.6) is 0 Å². The number of carbonyl (C=O) groups is 3. The quantitative estimate of drug-likeness (QED) is 0.0993. The Balaban J connectivity index is 1.57. The largest absolute Gasteiger partial charge is 0.458 e. The molecule has 2 saturated heterocycles. The highest BCUT2D eigenvalue weighted by atomic mass is 16.6. The maximum Gasteiger partial charge on any atom is 0.410 e. The molecular weight excluding hydrogens is 623 g/mol. The highest BCUT2D eigenvalue weighted by molar-refractivity contribution is 6.15. The summed E-state index contributed by atoms with van der Waals surface area (Å²) in [6, 6.07) is 6.60. The number of rotatable bonds is 9. The molecule has 1 amide bonds. The summed E-state index contributed by atoms with van der Waals surface area (Å²) in [5.41, 5.74) is 6.41. The lowest BCUT2D eigenvalue weighted by atomic mass is 9.62. The van der Waals surface area contributed by atoms with Crippen LogP contribution in [0.15, 0.2) is 43.1 Å². The molecule has 268 valence electrons. The Kier molecular flexibility index (Phi) is 12.4. The number of fused-ring (bicyclic) bond motifs is 1. The van der Waals surface area contributed by atoms with Gasteiger partial charge < -0.3 is 25.3 Å². The van der Waals surface area contributed by atoms with Gasteiger partial charge in [-0.3, -0.25) is 19.2 Å². The van der Waals surface area contributed by atoms with Crippen molar-refractivity contribution in [3.05, 3.63) is 43.1 Å². The molecule has 2 fully saturated rings. The van der Waals surface area contributed by atoms with Gasteiger partial charge in [-0.1, -0.05) is 44.2 Å². The molecule has 0 aliphatic carbocycles. The van der Waals surface area contributed by atoms with Crippen LogP contribution in [0.2, 0.25) is 5.82 Å². The molecule has 4 rings (SSSR count). The summed E-state index contributed by atoms with van der Waals surface area (Å²) in [4.78, 5) is 42.6. The van der Waals surface area contributed by atoms with Crippen molar-refractivity contribution >= 4 is 31.4 Å². The number of ketones is 1. The Morgan fingerprint density at radius 1 is 1.18 bits per heavy atom. The van der Waals surface area contributed by atoms with Gasteiger partial charge in [0.1, 0.15) is 31.3 Å². The number of aromatic nitrogens is 3. The van der Waals surface area contributed by atoms with E-state index >= 15 is 0 Å². The predicted octanol–water partition coefficient (Wildman–Crippen LogP) is 4.06. The van der Waals surface area contributed by atoms with Crippen molar-refractivity contribution in [2.45, 2.75) is 109 Å². The van der Waals surface area contributed by atoms with Crippen LogP contribution in [-0.2, 0) is 30.3 Å². The van der Waals surface area contributed by atoms with E-state index in [0.29, 0.717) is 44.6 Å². The Bertz CT molecular complexity index is 1490. The van der Waals surface area contributed by atoms with Crippen LogP contribution in [0.25, 0.3) is 11.3 Å². The Morgan fingerprint density at radius 2 is 1.90 bits per heavy atom. The first-order chi connectivity index (χ1) is 23.2. The molecule has 49 heavy (non-hydrogen) atoms. The number of hydrogen-bond donors (Lipinski definition) is 2. The highest BCUT2D eigenvalue weighted by Crippen LogP contribution is 2.41. The number of esters is 1. The molecule has 0 radical (unpaired) electrons. The molecule has 1 aromatic heterocycles. The Hall–Kier alpha value is -3.71. The predicted molar refractivity (Wildman–Crippen MR) is 191 cm³/mol. The van der Waals surface area contributed by atoms with Gasteiger partial charge in [-0.05, 0) is 76.9 Å². The van der Waals surface area contributed by atoms with Crippen LogP contribution < -0.4 is 11.1 Å². The van der Waals surface area contributed by atoms with Crippen LogP contribution in [0.1, 0.15) is 67.2 Å². The molecular formula is C36H55BN6O6. The second-order valence-corrected chi connectivity index (χ2v) is 14.4. The molecule has 13 heteroatoms. The highest BCUT2D eigenvalue weighted by Gasteiger charge is 2.58. The number of hydrogen-bond acceptors (Lipinski definition) is 10. The molecule has 2 aliphatic heterocycles. The lowest BCUT2D eigenvalue weighted by molar-refractivity contribution is -0.170. The van der Waals surface area contributed by atoms with Crippen molar-refractivity contribution in [1.29, 1.82) is 0 Å². The minimum absolute atomic E-state index is 0.150. The summed E-state index contributed by atoms with van der Waals surface area (Å²) in [6.07, 6.45) is 4.88. The van der Waals surface area contributed by atoms with Gasteiger partial charge in [0.05, 0.1) is 17.8 Å². The van der Waals surface area contributed by atoms with E-state index in [0.717, 1.165) is 17.7 Å². The van der Waals surface area contributed by atoms with E-state index in [-0.39, 0.29) is 23.6 Å². The SMILES string of the molecule is B[C@@H]1[C@@H](C)C(=O)[C@@H](C)C(=O)O[C@H](CC)[C@@]2(C)OC(=O)N(CCCCn3cc(-c4cccc(N)c4)nn3)[C@@H]2[C@@H](C=C)NC[C@H](C)C[C@@]1(C)OC. The number of aryl methyl sites for hydroxylation is 1. The molecule has 2 aliphatic rings. The summed E-state index contributed by atoms with van der Waals surface area (Å²) in [5, 5.41) is 12.2. The average molecular weight is 679 g/mol. The smallest absolute Gasteiger partial charge is 0.410 e. The van der Waals surface area contributed by atoms with E-state index in [2.05, 4.69) is 29.1 Å². The topological polar surface area (TPSA) is 151 Å². The first kappa shape index (κ1) is 38.1. The third-order valence-electron chi connectivity index (χ3n) is 10.9. The van der Waals surface area contributed by atoms with Crippen molar-refractivity contribution in [1.82, 2.24) is 25.2 Å². The number of anilines is 1. The van der Waals surface area contributed by atoms with Gasteiger partial charge in [0.15, 0.2) is 5.60 Å². The molecule has 0 unspecified atom stereocenters. The van der Waals surface area contributed by atoms with Gasteiger partial charge >= 0.3 is 12.1 Å². The average Bonchev–Trinajstić information content (AvgIpc) is 3.65. The Morgan fingerprint density at radius 3 is 2.55 bits per heavy atom. The molecule has 2 aromatic rings. The first-order valence-electron chi connectivity index (χ1n) is 17.6. The van der Waals surface area contributed by atoms with Gasteiger partial charge in [-0.15, -0.1) is 11.7 Å². The van der Waals surface area contributed by atoms with Crippen LogP contribution in [0.4, 0.5) is 10.5 Å². The van der Waals surface area contributed by atoms with E-state index in [9.17, 15) is 14.4 Å². The summed E-state index contributed by atoms with van der Waals surface area (Å²) in [5.74, 6) is -2.25. The number of nitrogens with zero attached hydrogens (tertiary/aromatic N) is 4. The van der Waals surface area contributed by atoms with Crippen molar-refractivity contribution in [3.63, 3.8) is 0 Å². The fourth-order valence-corrected chi connectivity index (χ4v) is 7.57. The minimum atomic E-state index is -1.21. The standard InChI is InChI=1S/C36H55BN6O6/c1-9-27-32-36(7,49-34(46)43(32)17-12-11-16-42-21-28(40-41-42)25-14-13-15-26(38)18-25)29(10-2)48-33(45)24(5)30(44)23(4)31(37)35(6,47-8)19-22(3)20-39-27/h9,13-15,18,21-24,27,29,31-32,39H,1,10-12,16-17,19-20,37-38H2,2-8H3/t22-,23+,24-,27-,29-,31-,32-,35-,36-/m1/s1. The van der Waals surface area contributed by atoms with Crippen LogP contribution in [0.3, 0.4) is 0 Å². The number of methoxy groups -OCH3 is 1. The zero-order valence-corrected chi connectivity index (χ0v) is 30.5. The van der Waals surface area contributed by atoms with Crippen molar-refractivity contribution in [3.8, 4) is 11.3 Å². The van der Waals surface area contributed by atoms with Gasteiger partial charge in [0.2, 0.25) is 0 Å². The van der Waals surface area contributed by atoms with E-state index in [1.165, 1.54) is 0 Å². The van der Waals surface area contributed by atoms with E-state index in [4.69, 9.17) is 19.9 Å². The molecule has 3 N–H and O–H groups in total. The number of nitrogens with two attached hydrogens (primary N) is 1. The lowest BCUT2D eigenvalue weighted by Crippen LogP contribution is -2.61. The Labute approximate surface area is 291 Å². The molecule has 1 aromatic carbocycles. The van der Waals surface area contributed by atoms with E-state index in [1.807, 2.05) is 66.0 Å². The second-order valence-electron chi connectivity index (χ2n) is 14.4. The molecule has 12 nitrogen and oxygen atoms in total. The molecule has 9 atom stereocenters. The third-order valence-corrected chi connectivity index (χ3v) is 10.9. The molecule has 0 bridgehead atoms. The fourth-order valence-electron chi connectivity index (χ4n) is 7.57. The number of benzene rings is 1. The summed E-state index contributed by atoms with van der Waals surface area (Å²) < 4.78 is 20.1. The van der Waals surface area contributed by atoms with Gasteiger partial charge in [-0.2, -0.15) is 0 Å².